The predicted octanol–water partition coefficient (Wildman–Crippen LogP) is 5.58. The van der Waals surface area contributed by atoms with Crippen molar-refractivity contribution in [2.45, 2.75) is 13.2 Å². The molecule has 0 saturated carbocycles. The van der Waals surface area contributed by atoms with Crippen molar-refractivity contribution >= 4 is 28.9 Å². The van der Waals surface area contributed by atoms with Crippen molar-refractivity contribution < 1.29 is 9.53 Å². The molecule has 0 spiro atoms. The minimum Gasteiger partial charge on any atom is -0.489 e. The first-order chi connectivity index (χ1) is 15.3. The summed E-state index contributed by atoms with van der Waals surface area (Å²) in [6.45, 7) is 0.874. The second-order valence-corrected chi connectivity index (χ2v) is 7.83. The zero-order valence-electron chi connectivity index (χ0n) is 16.9. The number of amides is 1. The molecule has 0 unspecified atom stereocenters. The van der Waals surface area contributed by atoms with E-state index >= 15 is 0 Å². The molecule has 4 nitrogen and oxygen atoms in total. The lowest BCUT2D eigenvalue weighted by molar-refractivity contribution is -0.115. The minimum absolute atomic E-state index is 0.135. The van der Waals surface area contributed by atoms with Crippen LogP contribution in [0.15, 0.2) is 96.5 Å². The van der Waals surface area contributed by atoms with Crippen molar-refractivity contribution in [3.05, 3.63) is 118 Å². The summed E-state index contributed by atoms with van der Waals surface area (Å²) >= 11 is 1.54. The van der Waals surface area contributed by atoms with Crippen LogP contribution < -0.4 is 10.1 Å². The quantitative estimate of drug-likeness (QED) is 0.374. The normalized spacial score (nSPS) is 11.2. The Morgan fingerprint density at radius 2 is 1.84 bits per heavy atom. The molecule has 0 atom stereocenters. The number of nitrogens with zero attached hydrogens (tertiary/aromatic N) is 1. The van der Waals surface area contributed by atoms with Crippen LogP contribution in [0.3, 0.4) is 0 Å². The fourth-order valence-corrected chi connectivity index (χ4v) is 3.79. The molecule has 0 bridgehead atoms. The number of ether oxygens (including phenoxy) is 1. The summed E-state index contributed by atoms with van der Waals surface area (Å²) in [5.41, 5.74) is 3.45. The van der Waals surface area contributed by atoms with Gasteiger partial charge in [0.25, 0.3) is 5.91 Å². The number of thiophene rings is 1. The number of hydrogen-bond donors (Lipinski definition) is 1. The number of carbonyl (C=O) groups excluding carboxylic acids is 1. The van der Waals surface area contributed by atoms with E-state index in [1.807, 2.05) is 96.4 Å². The summed E-state index contributed by atoms with van der Waals surface area (Å²) in [7, 11) is 0. The molecule has 5 heteroatoms. The van der Waals surface area contributed by atoms with E-state index in [0.29, 0.717) is 18.7 Å². The highest BCUT2D eigenvalue weighted by molar-refractivity contribution is 7.11. The van der Waals surface area contributed by atoms with E-state index in [9.17, 15) is 4.79 Å². The lowest BCUT2D eigenvalue weighted by atomic mass is 10.1. The van der Waals surface area contributed by atoms with E-state index in [1.165, 1.54) is 11.3 Å². The molecule has 2 heterocycles. The first-order valence-electron chi connectivity index (χ1n) is 9.98. The molecule has 1 N–H and O–H groups in total. The van der Waals surface area contributed by atoms with Crippen LogP contribution in [0.1, 0.15) is 21.7 Å². The number of carbonyl (C=O) groups is 1. The number of nitrogens with one attached hydrogen (secondary N) is 1. The second-order valence-electron chi connectivity index (χ2n) is 6.89. The van der Waals surface area contributed by atoms with Gasteiger partial charge in [-0.1, -0.05) is 54.6 Å². The van der Waals surface area contributed by atoms with Crippen molar-refractivity contribution in [1.82, 2.24) is 10.3 Å². The molecule has 0 aliphatic heterocycles. The summed E-state index contributed by atoms with van der Waals surface area (Å²) < 4.78 is 5.94. The molecule has 154 valence electrons. The van der Waals surface area contributed by atoms with Gasteiger partial charge in [-0.05, 0) is 52.9 Å². The van der Waals surface area contributed by atoms with E-state index in [2.05, 4.69) is 10.3 Å². The van der Waals surface area contributed by atoms with Gasteiger partial charge >= 0.3 is 0 Å². The van der Waals surface area contributed by atoms with Gasteiger partial charge in [0.1, 0.15) is 12.4 Å². The highest BCUT2D eigenvalue weighted by atomic mass is 32.1. The third kappa shape index (κ3) is 5.90. The van der Waals surface area contributed by atoms with Crippen molar-refractivity contribution in [2.24, 2.45) is 0 Å². The Labute approximate surface area is 185 Å². The van der Waals surface area contributed by atoms with E-state index < -0.39 is 0 Å². The molecule has 31 heavy (non-hydrogen) atoms. The number of hydrogen-bond acceptors (Lipinski definition) is 4. The largest absolute Gasteiger partial charge is 0.489 e. The Hall–Kier alpha value is -3.70. The molecule has 2 aromatic heterocycles. The number of rotatable bonds is 8. The smallest absolute Gasteiger partial charge is 0.253 e. The van der Waals surface area contributed by atoms with Crippen LogP contribution in [0, 0.1) is 0 Å². The third-order valence-electron chi connectivity index (χ3n) is 4.60. The van der Waals surface area contributed by atoms with Gasteiger partial charge < -0.3 is 10.1 Å². The summed E-state index contributed by atoms with van der Waals surface area (Å²) in [6, 6.07) is 27.4. The maximum absolute atomic E-state index is 13.0. The Bertz CT molecular complexity index is 1140. The van der Waals surface area contributed by atoms with Crippen molar-refractivity contribution in [2.75, 3.05) is 0 Å². The summed E-state index contributed by atoms with van der Waals surface area (Å²) in [5, 5.41) is 4.94. The summed E-state index contributed by atoms with van der Waals surface area (Å²) in [6.07, 6.45) is 3.62. The van der Waals surface area contributed by atoms with Crippen molar-refractivity contribution in [3.8, 4) is 5.75 Å². The fourth-order valence-electron chi connectivity index (χ4n) is 3.05. The third-order valence-corrected chi connectivity index (χ3v) is 5.51. The Morgan fingerprint density at radius 1 is 0.968 bits per heavy atom. The maximum atomic E-state index is 13.0. The first-order valence-corrected chi connectivity index (χ1v) is 10.9. The Balaban J connectivity index is 1.51. The topological polar surface area (TPSA) is 51.2 Å². The molecule has 1 amide bonds. The Morgan fingerprint density at radius 3 is 2.61 bits per heavy atom. The highest BCUT2D eigenvalue weighted by Crippen LogP contribution is 2.25. The maximum Gasteiger partial charge on any atom is 0.253 e. The lowest BCUT2D eigenvalue weighted by Crippen LogP contribution is -2.24. The molecule has 4 aromatic rings. The van der Waals surface area contributed by atoms with Crippen LogP contribution in [0.4, 0.5) is 0 Å². The van der Waals surface area contributed by atoms with E-state index in [1.54, 1.807) is 6.20 Å². The molecule has 0 aliphatic rings. The average Bonchev–Trinajstić information content (AvgIpc) is 3.36. The van der Waals surface area contributed by atoms with Crippen molar-refractivity contribution in [1.29, 1.82) is 0 Å². The lowest BCUT2D eigenvalue weighted by Gasteiger charge is -2.09. The van der Waals surface area contributed by atoms with Gasteiger partial charge in [0.05, 0.1) is 17.8 Å². The molecule has 0 radical (unpaired) electrons. The fraction of sp³-hybridized carbons (Fsp3) is 0.0769. The highest BCUT2D eigenvalue weighted by Gasteiger charge is 2.13. The van der Waals surface area contributed by atoms with E-state index in [-0.39, 0.29) is 5.91 Å². The van der Waals surface area contributed by atoms with Gasteiger partial charge in [-0.3, -0.25) is 9.78 Å². The van der Waals surface area contributed by atoms with Gasteiger partial charge in [-0.25, -0.2) is 0 Å². The molecule has 4 rings (SSSR count). The summed E-state index contributed by atoms with van der Waals surface area (Å²) in [4.78, 5) is 18.2. The molecule has 0 saturated heterocycles. The van der Waals surface area contributed by atoms with Crippen LogP contribution in [0.25, 0.3) is 11.6 Å². The molecular formula is C26H22N2O2S. The van der Waals surface area contributed by atoms with Gasteiger partial charge in [-0.2, -0.15) is 0 Å². The van der Waals surface area contributed by atoms with Crippen LogP contribution in [-0.2, 0) is 17.9 Å². The standard InChI is InChI=1S/C26H22N2O2S/c29-26(28-18-22-11-4-5-14-27-22)24(25-13-7-15-31-25)17-21-10-6-12-23(16-21)30-19-20-8-2-1-3-9-20/h1-17H,18-19H2,(H,28,29). The zero-order valence-corrected chi connectivity index (χ0v) is 17.7. The summed E-state index contributed by atoms with van der Waals surface area (Å²) in [5.74, 6) is 0.626. The van der Waals surface area contributed by atoms with E-state index in [0.717, 1.165) is 27.4 Å². The van der Waals surface area contributed by atoms with Gasteiger partial charge in [0.2, 0.25) is 0 Å². The van der Waals surface area contributed by atoms with Gasteiger partial charge in [-0.15, -0.1) is 11.3 Å². The second kappa shape index (κ2) is 10.4. The van der Waals surface area contributed by atoms with Crippen LogP contribution in [-0.4, -0.2) is 10.9 Å². The van der Waals surface area contributed by atoms with Crippen molar-refractivity contribution in [3.63, 3.8) is 0 Å². The zero-order chi connectivity index (χ0) is 21.3. The molecule has 0 aliphatic carbocycles. The van der Waals surface area contributed by atoms with Crippen LogP contribution in [0.2, 0.25) is 0 Å². The van der Waals surface area contributed by atoms with Gasteiger partial charge in [0, 0.05) is 11.1 Å². The average molecular weight is 427 g/mol. The SMILES string of the molecule is O=C(NCc1ccccn1)C(=Cc1cccc(OCc2ccccc2)c1)c1cccs1. The van der Waals surface area contributed by atoms with Crippen LogP contribution in [0.5, 0.6) is 5.75 Å². The van der Waals surface area contributed by atoms with E-state index in [4.69, 9.17) is 4.74 Å². The first kappa shape index (κ1) is 20.6. The molecule has 2 aromatic carbocycles. The molecule has 0 fully saturated rings. The number of benzene rings is 2. The monoisotopic (exact) mass is 426 g/mol. The Kier molecular flexibility index (Phi) is 6.88. The number of pyridine rings is 1. The number of aromatic nitrogens is 1. The van der Waals surface area contributed by atoms with Crippen LogP contribution >= 0.6 is 11.3 Å². The van der Waals surface area contributed by atoms with Gasteiger partial charge in [0.15, 0.2) is 0 Å². The molecular weight excluding hydrogens is 404 g/mol. The minimum atomic E-state index is -0.135. The predicted molar refractivity (Wildman–Crippen MR) is 125 cm³/mol.